The fourth-order valence-electron chi connectivity index (χ4n) is 5.62. The van der Waals surface area contributed by atoms with E-state index in [2.05, 4.69) is 93.7 Å². The molecular weight excluding hydrogens is 673 g/mol. The van der Waals surface area contributed by atoms with E-state index in [-0.39, 0.29) is 37.5 Å². The molecule has 0 saturated carbocycles. The zero-order valence-electron chi connectivity index (χ0n) is 35.0. The Morgan fingerprint density at radius 3 is 1.31 bits per heavy atom. The summed E-state index contributed by atoms with van der Waals surface area (Å²) in [5.74, 6) is -1.01. The fourth-order valence-corrected chi connectivity index (χ4v) is 5.62. The molecule has 6 nitrogen and oxygen atoms in total. The van der Waals surface area contributed by atoms with E-state index in [0.717, 1.165) is 96.3 Å². The van der Waals surface area contributed by atoms with Gasteiger partial charge in [-0.3, -0.25) is 14.4 Å². The molecular formula is C48H80O6. The minimum absolute atomic E-state index is 0.111. The number of unbranched alkanes of at least 4 members (excludes halogenated alkanes) is 17. The lowest BCUT2D eigenvalue weighted by Crippen LogP contribution is -2.30. The Bertz CT molecular complexity index is 1050. The van der Waals surface area contributed by atoms with Gasteiger partial charge in [-0.15, -0.1) is 0 Å². The van der Waals surface area contributed by atoms with Gasteiger partial charge in [-0.2, -0.15) is 0 Å². The van der Waals surface area contributed by atoms with Crippen LogP contribution in [0.1, 0.15) is 194 Å². The zero-order valence-corrected chi connectivity index (χ0v) is 35.0. The fraction of sp³-hybridized carbons (Fsp3) is 0.688. The molecule has 308 valence electrons. The SMILES string of the molecule is CC/C=C\C/C=C\CCCCC(=O)OCC(COC(=O)CCCCC/C=C\C=C/CCCCCCCCC)OC(=O)CCCCC/C=C\C=C/CCCC. The molecule has 0 aromatic carbocycles. The highest BCUT2D eigenvalue weighted by Gasteiger charge is 2.19. The molecule has 6 heteroatoms. The van der Waals surface area contributed by atoms with E-state index in [4.69, 9.17) is 14.2 Å². The van der Waals surface area contributed by atoms with Crippen molar-refractivity contribution in [3.05, 3.63) is 72.9 Å². The third-order valence-electron chi connectivity index (χ3n) is 8.97. The minimum atomic E-state index is -0.809. The van der Waals surface area contributed by atoms with Crippen LogP contribution in [0.25, 0.3) is 0 Å². The van der Waals surface area contributed by atoms with E-state index < -0.39 is 6.10 Å². The molecule has 0 fully saturated rings. The molecule has 0 amide bonds. The number of esters is 3. The van der Waals surface area contributed by atoms with Crippen molar-refractivity contribution in [3.8, 4) is 0 Å². The predicted octanol–water partition coefficient (Wildman–Crippen LogP) is 13.9. The molecule has 0 aromatic heterocycles. The first-order valence-corrected chi connectivity index (χ1v) is 22.0. The monoisotopic (exact) mass is 753 g/mol. The molecule has 54 heavy (non-hydrogen) atoms. The number of carbonyl (C=O) groups is 3. The lowest BCUT2D eigenvalue weighted by molar-refractivity contribution is -0.167. The van der Waals surface area contributed by atoms with Crippen molar-refractivity contribution in [1.82, 2.24) is 0 Å². The van der Waals surface area contributed by atoms with Gasteiger partial charge in [0.1, 0.15) is 13.2 Å². The molecule has 0 heterocycles. The first-order chi connectivity index (χ1) is 26.5. The summed E-state index contributed by atoms with van der Waals surface area (Å²) >= 11 is 0. The van der Waals surface area contributed by atoms with Gasteiger partial charge >= 0.3 is 17.9 Å². The predicted molar refractivity (Wildman–Crippen MR) is 228 cm³/mol. The van der Waals surface area contributed by atoms with E-state index in [1.807, 2.05) is 0 Å². The Balaban J connectivity index is 4.46. The summed E-state index contributed by atoms with van der Waals surface area (Å²) < 4.78 is 16.6. The second-order valence-corrected chi connectivity index (χ2v) is 14.3. The Labute approximate surface area is 332 Å². The quantitative estimate of drug-likeness (QED) is 0.0205. The average Bonchev–Trinajstić information content (AvgIpc) is 3.17. The number of hydrogen-bond donors (Lipinski definition) is 0. The van der Waals surface area contributed by atoms with Crippen molar-refractivity contribution in [2.24, 2.45) is 0 Å². The van der Waals surface area contributed by atoms with Gasteiger partial charge in [0.25, 0.3) is 0 Å². The molecule has 0 N–H and O–H groups in total. The Morgan fingerprint density at radius 1 is 0.407 bits per heavy atom. The number of carbonyl (C=O) groups excluding carboxylic acids is 3. The molecule has 0 aliphatic carbocycles. The summed E-state index contributed by atoms with van der Waals surface area (Å²) in [6.45, 7) is 6.35. The van der Waals surface area contributed by atoms with Crippen molar-refractivity contribution in [2.45, 2.75) is 200 Å². The van der Waals surface area contributed by atoms with Crippen molar-refractivity contribution in [1.29, 1.82) is 0 Å². The average molecular weight is 753 g/mol. The van der Waals surface area contributed by atoms with E-state index in [9.17, 15) is 14.4 Å². The number of allylic oxidation sites excluding steroid dienone is 12. The Hall–Kier alpha value is -3.15. The van der Waals surface area contributed by atoms with Gasteiger partial charge in [0.2, 0.25) is 0 Å². The zero-order chi connectivity index (χ0) is 39.4. The van der Waals surface area contributed by atoms with Gasteiger partial charge in [0.15, 0.2) is 6.10 Å². The normalized spacial score (nSPS) is 12.7. The van der Waals surface area contributed by atoms with Crippen LogP contribution in [0.2, 0.25) is 0 Å². The molecule has 1 atom stereocenters. The highest BCUT2D eigenvalue weighted by Crippen LogP contribution is 2.11. The van der Waals surface area contributed by atoms with E-state index in [1.54, 1.807) is 0 Å². The Kier molecular flexibility index (Phi) is 40.1. The standard InChI is InChI=1S/C48H80O6/c1-4-7-10-13-16-19-21-22-23-24-25-27-29-32-35-38-41-47(50)53-44-45(43-52-46(49)40-37-34-31-28-18-15-12-9-6-3)54-48(51)42-39-36-33-30-26-20-17-14-11-8-5-2/h9,12,14,17-18,20,23-28,45H,4-8,10-11,13,15-16,19,21-22,29-44H2,1-3H3/b12-9-,17-14-,24-23-,26-20-,27-25-,28-18-. The molecule has 0 aliphatic rings. The molecule has 0 bridgehead atoms. The number of rotatable bonds is 38. The van der Waals surface area contributed by atoms with Crippen LogP contribution in [-0.4, -0.2) is 37.2 Å². The highest BCUT2D eigenvalue weighted by atomic mass is 16.6. The third-order valence-corrected chi connectivity index (χ3v) is 8.97. The molecule has 0 aromatic rings. The second-order valence-electron chi connectivity index (χ2n) is 14.3. The lowest BCUT2D eigenvalue weighted by Gasteiger charge is -2.18. The summed E-state index contributed by atoms with van der Waals surface area (Å²) in [7, 11) is 0. The molecule has 0 rings (SSSR count). The summed E-state index contributed by atoms with van der Waals surface area (Å²) in [4.78, 5) is 37.6. The van der Waals surface area contributed by atoms with Crippen molar-refractivity contribution < 1.29 is 28.6 Å². The summed E-state index contributed by atoms with van der Waals surface area (Å²) in [6, 6.07) is 0. The molecule has 1 unspecified atom stereocenters. The molecule has 0 spiro atoms. The van der Waals surface area contributed by atoms with Gasteiger partial charge in [-0.25, -0.2) is 0 Å². The second kappa shape index (κ2) is 42.6. The lowest BCUT2D eigenvalue weighted by atomic mass is 10.1. The molecule has 0 aliphatic heterocycles. The number of hydrogen-bond acceptors (Lipinski definition) is 6. The van der Waals surface area contributed by atoms with Crippen molar-refractivity contribution in [3.63, 3.8) is 0 Å². The molecule has 0 radical (unpaired) electrons. The van der Waals surface area contributed by atoms with Gasteiger partial charge in [0, 0.05) is 19.3 Å². The van der Waals surface area contributed by atoms with Crippen molar-refractivity contribution in [2.75, 3.05) is 13.2 Å². The van der Waals surface area contributed by atoms with Crippen LogP contribution in [0.15, 0.2) is 72.9 Å². The maximum absolute atomic E-state index is 12.6. The van der Waals surface area contributed by atoms with E-state index >= 15 is 0 Å². The van der Waals surface area contributed by atoms with Gasteiger partial charge in [0.05, 0.1) is 0 Å². The van der Waals surface area contributed by atoms with Crippen molar-refractivity contribution >= 4 is 17.9 Å². The van der Waals surface area contributed by atoms with Gasteiger partial charge < -0.3 is 14.2 Å². The van der Waals surface area contributed by atoms with Crippen LogP contribution in [-0.2, 0) is 28.6 Å². The van der Waals surface area contributed by atoms with Crippen LogP contribution in [0.5, 0.6) is 0 Å². The van der Waals surface area contributed by atoms with Crippen LogP contribution in [0.3, 0.4) is 0 Å². The smallest absolute Gasteiger partial charge is 0.306 e. The topological polar surface area (TPSA) is 78.9 Å². The highest BCUT2D eigenvalue weighted by molar-refractivity contribution is 5.71. The van der Waals surface area contributed by atoms with Crippen LogP contribution < -0.4 is 0 Å². The molecule has 0 saturated heterocycles. The minimum Gasteiger partial charge on any atom is -0.462 e. The largest absolute Gasteiger partial charge is 0.462 e. The summed E-state index contributed by atoms with van der Waals surface area (Å²) in [5.41, 5.74) is 0. The van der Waals surface area contributed by atoms with Gasteiger partial charge in [-0.1, -0.05) is 158 Å². The Morgan fingerprint density at radius 2 is 0.796 bits per heavy atom. The van der Waals surface area contributed by atoms with E-state index in [0.29, 0.717) is 12.8 Å². The maximum Gasteiger partial charge on any atom is 0.306 e. The summed E-state index contributed by atoms with van der Waals surface area (Å²) in [6.07, 6.45) is 51.9. The van der Waals surface area contributed by atoms with Crippen LogP contribution >= 0.6 is 0 Å². The van der Waals surface area contributed by atoms with Crippen LogP contribution in [0, 0.1) is 0 Å². The van der Waals surface area contributed by atoms with Gasteiger partial charge in [-0.05, 0) is 89.9 Å². The van der Waals surface area contributed by atoms with E-state index in [1.165, 1.54) is 57.8 Å². The first-order valence-electron chi connectivity index (χ1n) is 22.0. The maximum atomic E-state index is 12.6. The first kappa shape index (κ1) is 50.9. The summed E-state index contributed by atoms with van der Waals surface area (Å²) in [5, 5.41) is 0. The number of ether oxygens (including phenoxy) is 3. The third kappa shape index (κ3) is 40.0. The van der Waals surface area contributed by atoms with Crippen LogP contribution in [0.4, 0.5) is 0 Å².